The normalized spacial score (nSPS) is 11.9. The number of carbonyl (C=O) groups excluding carboxylic acids is 1. The average Bonchev–Trinajstić information content (AvgIpc) is 2.69. The van der Waals surface area contributed by atoms with E-state index in [2.05, 4.69) is 0 Å². The summed E-state index contributed by atoms with van der Waals surface area (Å²) in [7, 11) is -2.12. The molecule has 1 aromatic heterocycles. The molecule has 20 heavy (non-hydrogen) atoms. The minimum absolute atomic E-state index is 0.0349. The lowest BCUT2D eigenvalue weighted by atomic mass is 10.2. The molecule has 6 nitrogen and oxygen atoms in total. The maximum atomic E-state index is 12.2. The Labute approximate surface area is 123 Å². The highest BCUT2D eigenvalue weighted by Crippen LogP contribution is 2.26. The maximum absolute atomic E-state index is 12.2. The van der Waals surface area contributed by atoms with E-state index in [1.807, 2.05) is 13.8 Å². The standard InChI is InChI=1S/C12H20N2O4S2/c1-8(2)18-6-5-14(4)11(15)10-7-19-12(9(10)3)20(13,16)17/h7-8H,5-6H2,1-4H3,(H2,13,16,17). The van der Waals surface area contributed by atoms with Crippen molar-refractivity contribution in [2.45, 2.75) is 31.1 Å². The first-order chi connectivity index (χ1) is 9.14. The summed E-state index contributed by atoms with van der Waals surface area (Å²) in [6.07, 6.45) is 0.107. The van der Waals surface area contributed by atoms with Gasteiger partial charge in [-0.3, -0.25) is 4.79 Å². The van der Waals surface area contributed by atoms with Gasteiger partial charge in [-0.25, -0.2) is 13.6 Å². The van der Waals surface area contributed by atoms with Gasteiger partial charge < -0.3 is 9.64 Å². The van der Waals surface area contributed by atoms with Crippen LogP contribution in [0.25, 0.3) is 0 Å². The van der Waals surface area contributed by atoms with Gasteiger partial charge in [-0.1, -0.05) is 0 Å². The monoisotopic (exact) mass is 320 g/mol. The third kappa shape index (κ3) is 4.27. The van der Waals surface area contributed by atoms with Crippen molar-refractivity contribution in [3.05, 3.63) is 16.5 Å². The zero-order valence-electron chi connectivity index (χ0n) is 12.0. The minimum Gasteiger partial charge on any atom is -0.377 e. The molecular weight excluding hydrogens is 300 g/mol. The van der Waals surface area contributed by atoms with Crippen molar-refractivity contribution in [1.82, 2.24) is 4.90 Å². The molecule has 0 saturated carbocycles. The number of likely N-dealkylation sites (N-methyl/N-ethyl adjacent to an activating group) is 1. The lowest BCUT2D eigenvalue weighted by Gasteiger charge is -2.18. The average molecular weight is 320 g/mol. The van der Waals surface area contributed by atoms with Crippen LogP contribution in [0.15, 0.2) is 9.59 Å². The molecule has 1 heterocycles. The van der Waals surface area contributed by atoms with Crippen LogP contribution in [0.4, 0.5) is 0 Å². The van der Waals surface area contributed by atoms with Crippen molar-refractivity contribution < 1.29 is 17.9 Å². The van der Waals surface area contributed by atoms with Crippen molar-refractivity contribution in [2.75, 3.05) is 20.2 Å². The zero-order chi connectivity index (χ0) is 15.5. The number of ether oxygens (including phenoxy) is 1. The van der Waals surface area contributed by atoms with Crippen LogP contribution >= 0.6 is 11.3 Å². The smallest absolute Gasteiger partial charge is 0.254 e. The molecule has 0 aliphatic carbocycles. The van der Waals surface area contributed by atoms with Crippen LogP contribution < -0.4 is 5.14 Å². The predicted octanol–water partition coefficient (Wildman–Crippen LogP) is 1.20. The second-order valence-corrected chi connectivity index (χ2v) is 7.39. The fourth-order valence-corrected chi connectivity index (χ4v) is 3.63. The van der Waals surface area contributed by atoms with E-state index >= 15 is 0 Å². The Morgan fingerprint density at radius 3 is 2.55 bits per heavy atom. The summed E-state index contributed by atoms with van der Waals surface area (Å²) >= 11 is 0.966. The van der Waals surface area contributed by atoms with Crippen molar-refractivity contribution in [3.8, 4) is 0 Å². The van der Waals surface area contributed by atoms with Crippen molar-refractivity contribution in [3.63, 3.8) is 0 Å². The zero-order valence-corrected chi connectivity index (χ0v) is 13.7. The molecule has 8 heteroatoms. The van der Waals surface area contributed by atoms with Gasteiger partial charge in [0.1, 0.15) is 4.21 Å². The quantitative estimate of drug-likeness (QED) is 0.853. The first kappa shape index (κ1) is 17.1. The summed E-state index contributed by atoms with van der Waals surface area (Å²) in [4.78, 5) is 13.7. The van der Waals surface area contributed by atoms with Crippen molar-refractivity contribution in [1.29, 1.82) is 0 Å². The Kier molecular flexibility index (Phi) is 5.69. The number of amides is 1. The molecule has 114 valence electrons. The molecule has 0 aromatic carbocycles. The molecule has 0 aliphatic rings. The molecule has 0 spiro atoms. The molecule has 0 fully saturated rings. The third-order valence-electron chi connectivity index (χ3n) is 2.71. The van der Waals surface area contributed by atoms with Crippen LogP contribution in [-0.2, 0) is 14.8 Å². The molecule has 0 saturated heterocycles. The van der Waals surface area contributed by atoms with Gasteiger partial charge in [-0.15, -0.1) is 11.3 Å². The van der Waals surface area contributed by atoms with Gasteiger partial charge in [-0.2, -0.15) is 0 Å². The van der Waals surface area contributed by atoms with E-state index in [0.29, 0.717) is 24.3 Å². The number of nitrogens with two attached hydrogens (primary N) is 1. The molecular formula is C12H20N2O4S2. The highest BCUT2D eigenvalue weighted by molar-refractivity contribution is 7.91. The number of hydrogen-bond acceptors (Lipinski definition) is 5. The molecule has 0 aliphatic heterocycles. The van der Waals surface area contributed by atoms with E-state index in [4.69, 9.17) is 9.88 Å². The van der Waals surface area contributed by atoms with E-state index < -0.39 is 10.0 Å². The van der Waals surface area contributed by atoms with E-state index in [0.717, 1.165) is 11.3 Å². The highest BCUT2D eigenvalue weighted by atomic mass is 32.2. The fraction of sp³-hybridized carbons (Fsp3) is 0.583. The predicted molar refractivity (Wildman–Crippen MR) is 78.5 cm³/mol. The number of hydrogen-bond donors (Lipinski definition) is 1. The van der Waals surface area contributed by atoms with Gasteiger partial charge in [0.2, 0.25) is 10.0 Å². The van der Waals surface area contributed by atoms with Gasteiger partial charge in [-0.05, 0) is 26.3 Å². The topological polar surface area (TPSA) is 89.7 Å². The van der Waals surface area contributed by atoms with Crippen LogP contribution in [0.2, 0.25) is 0 Å². The number of rotatable bonds is 6. The molecule has 0 atom stereocenters. The van der Waals surface area contributed by atoms with Gasteiger partial charge in [0, 0.05) is 19.0 Å². The number of carbonyl (C=O) groups is 1. The summed E-state index contributed by atoms with van der Waals surface area (Å²) in [6, 6.07) is 0. The van der Waals surface area contributed by atoms with Crippen LogP contribution in [0, 0.1) is 6.92 Å². The molecule has 0 radical (unpaired) electrons. The van der Waals surface area contributed by atoms with E-state index in [1.165, 1.54) is 10.3 Å². The van der Waals surface area contributed by atoms with Gasteiger partial charge >= 0.3 is 0 Å². The van der Waals surface area contributed by atoms with E-state index in [9.17, 15) is 13.2 Å². The Morgan fingerprint density at radius 2 is 2.10 bits per heavy atom. The Morgan fingerprint density at radius 1 is 1.50 bits per heavy atom. The number of thiophene rings is 1. The summed E-state index contributed by atoms with van der Waals surface area (Å²) in [6.45, 7) is 6.30. The largest absolute Gasteiger partial charge is 0.377 e. The molecule has 2 N–H and O–H groups in total. The number of sulfonamides is 1. The summed E-state index contributed by atoms with van der Waals surface area (Å²) in [5.41, 5.74) is 0.769. The summed E-state index contributed by atoms with van der Waals surface area (Å²) < 4.78 is 28.1. The molecule has 1 aromatic rings. The summed E-state index contributed by atoms with van der Waals surface area (Å²) in [5.74, 6) is -0.235. The third-order valence-corrected chi connectivity index (χ3v) is 5.39. The first-order valence-electron chi connectivity index (χ1n) is 6.12. The molecule has 1 rings (SSSR count). The van der Waals surface area contributed by atoms with Crippen LogP contribution in [-0.4, -0.2) is 45.5 Å². The van der Waals surface area contributed by atoms with Crippen LogP contribution in [0.3, 0.4) is 0 Å². The number of primary sulfonamides is 1. The maximum Gasteiger partial charge on any atom is 0.254 e. The van der Waals surface area contributed by atoms with E-state index in [1.54, 1.807) is 14.0 Å². The second kappa shape index (κ2) is 6.66. The molecule has 0 bridgehead atoms. The Balaban J connectivity index is 2.80. The Bertz CT molecular complexity index is 578. The van der Waals surface area contributed by atoms with Crippen LogP contribution in [0.1, 0.15) is 29.8 Å². The van der Waals surface area contributed by atoms with Crippen molar-refractivity contribution in [2.24, 2.45) is 5.14 Å². The van der Waals surface area contributed by atoms with Gasteiger partial charge in [0.25, 0.3) is 5.91 Å². The van der Waals surface area contributed by atoms with Crippen LogP contribution in [0.5, 0.6) is 0 Å². The SMILES string of the molecule is Cc1c(C(=O)N(C)CCOC(C)C)csc1S(N)(=O)=O. The number of nitrogens with zero attached hydrogens (tertiary/aromatic N) is 1. The Hall–Kier alpha value is -0.960. The highest BCUT2D eigenvalue weighted by Gasteiger charge is 2.22. The minimum atomic E-state index is -3.78. The molecule has 1 amide bonds. The lowest BCUT2D eigenvalue weighted by molar-refractivity contribution is 0.0532. The lowest BCUT2D eigenvalue weighted by Crippen LogP contribution is -2.31. The van der Waals surface area contributed by atoms with E-state index in [-0.39, 0.29) is 16.2 Å². The molecule has 0 unspecified atom stereocenters. The summed E-state index contributed by atoms with van der Waals surface area (Å²) in [5, 5.41) is 6.62. The van der Waals surface area contributed by atoms with Gasteiger partial charge in [0.15, 0.2) is 0 Å². The fourth-order valence-electron chi connectivity index (χ4n) is 1.62. The first-order valence-corrected chi connectivity index (χ1v) is 8.55. The second-order valence-electron chi connectivity index (χ2n) is 4.75. The van der Waals surface area contributed by atoms with Gasteiger partial charge in [0.05, 0.1) is 18.3 Å². The van der Waals surface area contributed by atoms with Crippen molar-refractivity contribution >= 4 is 27.3 Å².